The fourth-order valence-electron chi connectivity index (χ4n) is 1.25. The summed E-state index contributed by atoms with van der Waals surface area (Å²) in [6.45, 7) is 12.7. The van der Waals surface area contributed by atoms with Crippen LogP contribution in [0.25, 0.3) is 0 Å². The van der Waals surface area contributed by atoms with Crippen LogP contribution >= 0.6 is 22.6 Å². The monoisotopic (exact) mass is 364 g/mol. The van der Waals surface area contributed by atoms with Crippen LogP contribution in [0.15, 0.2) is 18.2 Å². The maximum absolute atomic E-state index is 3.26. The van der Waals surface area contributed by atoms with Gasteiger partial charge in [-0.3, -0.25) is 0 Å². The van der Waals surface area contributed by atoms with E-state index in [1.54, 1.807) is 0 Å². The molecule has 0 aromatic heterocycles. The molecular weight excluding hydrogens is 343 g/mol. The first-order chi connectivity index (χ1) is 8.55. The van der Waals surface area contributed by atoms with Gasteiger partial charge >= 0.3 is 0 Å². The normalized spacial score (nSPS) is 11.1. The van der Waals surface area contributed by atoms with Gasteiger partial charge in [0.2, 0.25) is 0 Å². The number of halogens is 1. The standard InChI is InChI=1S/C18H21I/c1-17(2,3)9-7-14-11-15(13-16(19)12-14)8-10-18(4,5)6/h11-13H,1-6H3. The molecule has 0 nitrogen and oxygen atoms in total. The topological polar surface area (TPSA) is 0 Å². The lowest BCUT2D eigenvalue weighted by Gasteiger charge is -2.07. The predicted molar refractivity (Wildman–Crippen MR) is 91.8 cm³/mol. The van der Waals surface area contributed by atoms with E-state index in [0.717, 1.165) is 11.1 Å². The summed E-state index contributed by atoms with van der Waals surface area (Å²) in [6, 6.07) is 6.27. The van der Waals surface area contributed by atoms with Crippen molar-refractivity contribution in [2.24, 2.45) is 10.8 Å². The van der Waals surface area contributed by atoms with Crippen molar-refractivity contribution in [1.29, 1.82) is 0 Å². The Balaban J connectivity index is 3.13. The van der Waals surface area contributed by atoms with Gasteiger partial charge in [-0.2, -0.15) is 0 Å². The highest BCUT2D eigenvalue weighted by Crippen LogP contribution is 2.15. The Morgan fingerprint density at radius 3 is 1.42 bits per heavy atom. The maximum Gasteiger partial charge on any atom is 0.0268 e. The maximum atomic E-state index is 3.26. The second-order valence-electron chi connectivity index (χ2n) is 6.73. The summed E-state index contributed by atoms with van der Waals surface area (Å²) in [5.74, 6) is 13.0. The Morgan fingerprint density at radius 2 is 1.11 bits per heavy atom. The SMILES string of the molecule is CC(C)(C)C#Cc1cc(I)cc(C#CC(C)(C)C)c1. The second-order valence-corrected chi connectivity index (χ2v) is 7.97. The third-order valence-electron chi connectivity index (χ3n) is 2.06. The average Bonchev–Trinajstić information content (AvgIpc) is 2.21. The highest BCUT2D eigenvalue weighted by molar-refractivity contribution is 14.1. The van der Waals surface area contributed by atoms with Crippen molar-refractivity contribution in [2.75, 3.05) is 0 Å². The Labute approximate surface area is 131 Å². The van der Waals surface area contributed by atoms with E-state index in [9.17, 15) is 0 Å². The van der Waals surface area contributed by atoms with Crippen molar-refractivity contribution in [1.82, 2.24) is 0 Å². The number of hydrogen-bond acceptors (Lipinski definition) is 0. The Hall–Kier alpha value is -0.930. The summed E-state index contributed by atoms with van der Waals surface area (Å²) >= 11 is 2.32. The summed E-state index contributed by atoms with van der Waals surface area (Å²) in [6.07, 6.45) is 0. The first-order valence-electron chi connectivity index (χ1n) is 6.42. The van der Waals surface area contributed by atoms with E-state index in [1.165, 1.54) is 3.57 Å². The molecule has 1 aromatic rings. The number of hydrogen-bond donors (Lipinski definition) is 0. The van der Waals surface area contributed by atoms with Crippen LogP contribution in [0.2, 0.25) is 0 Å². The average molecular weight is 364 g/mol. The van der Waals surface area contributed by atoms with Crippen LogP contribution in [0.4, 0.5) is 0 Å². The lowest BCUT2D eigenvalue weighted by molar-refractivity contribution is 0.570. The minimum Gasteiger partial charge on any atom is -0.0920 e. The van der Waals surface area contributed by atoms with Crippen LogP contribution < -0.4 is 0 Å². The molecule has 0 spiro atoms. The van der Waals surface area contributed by atoms with E-state index in [0.29, 0.717) is 0 Å². The molecular formula is C18H21I. The summed E-state index contributed by atoms with van der Waals surface area (Å²) in [5, 5.41) is 0. The van der Waals surface area contributed by atoms with E-state index in [1.807, 2.05) is 0 Å². The van der Waals surface area contributed by atoms with Crippen molar-refractivity contribution >= 4 is 22.6 Å². The molecule has 0 atom stereocenters. The Kier molecular flexibility index (Phi) is 5.11. The van der Waals surface area contributed by atoms with E-state index < -0.39 is 0 Å². The van der Waals surface area contributed by atoms with Crippen molar-refractivity contribution < 1.29 is 0 Å². The largest absolute Gasteiger partial charge is 0.0920 e. The van der Waals surface area contributed by atoms with Crippen molar-refractivity contribution in [3.63, 3.8) is 0 Å². The molecule has 1 heteroatoms. The fourth-order valence-corrected chi connectivity index (χ4v) is 1.92. The molecule has 1 rings (SSSR count). The van der Waals surface area contributed by atoms with Gasteiger partial charge in [-0.25, -0.2) is 0 Å². The molecule has 0 radical (unpaired) electrons. The summed E-state index contributed by atoms with van der Waals surface area (Å²) in [4.78, 5) is 0. The molecule has 0 aliphatic heterocycles. The lowest BCUT2D eigenvalue weighted by atomic mass is 9.96. The molecule has 0 saturated heterocycles. The summed E-state index contributed by atoms with van der Waals surface area (Å²) < 4.78 is 1.18. The predicted octanol–water partition coefficient (Wildman–Crippen LogP) is 5.09. The molecule has 0 heterocycles. The van der Waals surface area contributed by atoms with Gasteiger partial charge in [0, 0.05) is 25.5 Å². The Bertz CT molecular complexity index is 522. The molecule has 0 saturated carbocycles. The Morgan fingerprint density at radius 1 is 0.737 bits per heavy atom. The van der Waals surface area contributed by atoms with E-state index >= 15 is 0 Å². The third kappa shape index (κ3) is 7.28. The van der Waals surface area contributed by atoms with E-state index in [-0.39, 0.29) is 10.8 Å². The van der Waals surface area contributed by atoms with Gasteiger partial charge in [-0.05, 0) is 82.3 Å². The first kappa shape index (κ1) is 16.1. The molecule has 0 unspecified atom stereocenters. The van der Waals surface area contributed by atoms with Crippen molar-refractivity contribution in [2.45, 2.75) is 41.5 Å². The summed E-state index contributed by atoms with van der Waals surface area (Å²) in [5.41, 5.74) is 2.14. The molecule has 100 valence electrons. The molecule has 0 amide bonds. The van der Waals surface area contributed by atoms with Crippen LogP contribution in [-0.4, -0.2) is 0 Å². The van der Waals surface area contributed by atoms with Crippen molar-refractivity contribution in [3.8, 4) is 23.7 Å². The zero-order chi connectivity index (χ0) is 14.7. The second kappa shape index (κ2) is 6.02. The third-order valence-corrected chi connectivity index (χ3v) is 2.68. The highest BCUT2D eigenvalue weighted by atomic mass is 127. The summed E-state index contributed by atoms with van der Waals surface area (Å²) in [7, 11) is 0. The number of rotatable bonds is 0. The van der Waals surface area contributed by atoms with Gasteiger partial charge in [-0.15, -0.1) is 0 Å². The lowest BCUT2D eigenvalue weighted by Crippen LogP contribution is -2.00. The molecule has 19 heavy (non-hydrogen) atoms. The van der Waals surface area contributed by atoms with Gasteiger partial charge in [-0.1, -0.05) is 23.7 Å². The number of benzene rings is 1. The van der Waals surface area contributed by atoms with Crippen LogP contribution in [-0.2, 0) is 0 Å². The smallest absolute Gasteiger partial charge is 0.0268 e. The van der Waals surface area contributed by atoms with Gasteiger partial charge in [0.1, 0.15) is 0 Å². The van der Waals surface area contributed by atoms with Crippen LogP contribution in [0.5, 0.6) is 0 Å². The molecule has 0 aliphatic carbocycles. The van der Waals surface area contributed by atoms with Crippen LogP contribution in [0, 0.1) is 38.1 Å². The zero-order valence-electron chi connectivity index (χ0n) is 12.6. The van der Waals surface area contributed by atoms with Gasteiger partial charge in [0.15, 0.2) is 0 Å². The molecule has 0 aliphatic rings. The molecule has 1 aromatic carbocycles. The van der Waals surface area contributed by atoms with Gasteiger partial charge in [0.25, 0.3) is 0 Å². The molecule has 0 N–H and O–H groups in total. The minimum absolute atomic E-state index is 0.0263. The fraction of sp³-hybridized carbons (Fsp3) is 0.444. The van der Waals surface area contributed by atoms with E-state index in [4.69, 9.17) is 0 Å². The van der Waals surface area contributed by atoms with Crippen LogP contribution in [0.3, 0.4) is 0 Å². The highest BCUT2D eigenvalue weighted by Gasteiger charge is 2.05. The van der Waals surface area contributed by atoms with Gasteiger partial charge < -0.3 is 0 Å². The first-order valence-corrected chi connectivity index (χ1v) is 7.50. The van der Waals surface area contributed by atoms with Crippen molar-refractivity contribution in [3.05, 3.63) is 32.9 Å². The van der Waals surface area contributed by atoms with Gasteiger partial charge in [0.05, 0.1) is 0 Å². The minimum atomic E-state index is 0.0263. The van der Waals surface area contributed by atoms with Crippen LogP contribution in [0.1, 0.15) is 52.7 Å². The molecule has 0 bridgehead atoms. The van der Waals surface area contributed by atoms with E-state index in [2.05, 4.69) is 106 Å². The quantitative estimate of drug-likeness (QED) is 0.445. The molecule has 0 fully saturated rings. The zero-order valence-corrected chi connectivity index (χ0v) is 14.8.